The van der Waals surface area contributed by atoms with Crippen LogP contribution in [0, 0.1) is 6.92 Å². The molecule has 3 nitrogen and oxygen atoms in total. The third-order valence-electron chi connectivity index (χ3n) is 3.73. The van der Waals surface area contributed by atoms with Crippen LogP contribution in [0.3, 0.4) is 0 Å². The number of fused-ring (bicyclic) bond motifs is 1. The standard InChI is InChI=1S/C15H18N2OS/c1-11-14(19-10-17-11)6-7-15(16)8-12-4-2-3-5-13(12)18-9-15/h2-5,10H,6-9,16H2,1H3. The number of hydrogen-bond acceptors (Lipinski definition) is 4. The predicted molar refractivity (Wildman–Crippen MR) is 77.7 cm³/mol. The van der Waals surface area contributed by atoms with Crippen LogP contribution in [0.1, 0.15) is 22.6 Å². The van der Waals surface area contributed by atoms with Gasteiger partial charge in [0.2, 0.25) is 0 Å². The van der Waals surface area contributed by atoms with Crippen molar-refractivity contribution in [2.75, 3.05) is 6.61 Å². The van der Waals surface area contributed by atoms with Gasteiger partial charge in [0, 0.05) is 4.88 Å². The smallest absolute Gasteiger partial charge is 0.122 e. The number of nitrogens with zero attached hydrogens (tertiary/aromatic N) is 1. The Labute approximate surface area is 117 Å². The van der Waals surface area contributed by atoms with Gasteiger partial charge in [-0.2, -0.15) is 0 Å². The van der Waals surface area contributed by atoms with Gasteiger partial charge in [0.15, 0.2) is 0 Å². The lowest BCUT2D eigenvalue weighted by Gasteiger charge is -2.34. The summed E-state index contributed by atoms with van der Waals surface area (Å²) >= 11 is 1.71. The first-order chi connectivity index (χ1) is 9.16. The number of benzene rings is 1. The molecule has 1 aliphatic heterocycles. The predicted octanol–water partition coefficient (Wildman–Crippen LogP) is 2.72. The summed E-state index contributed by atoms with van der Waals surface area (Å²) in [7, 11) is 0. The average molecular weight is 274 g/mol. The lowest BCUT2D eigenvalue weighted by Crippen LogP contribution is -2.50. The molecule has 100 valence electrons. The summed E-state index contributed by atoms with van der Waals surface area (Å²) in [5.74, 6) is 0.984. The lowest BCUT2D eigenvalue weighted by atomic mass is 9.85. The first-order valence-corrected chi connectivity index (χ1v) is 7.43. The second-order valence-electron chi connectivity index (χ2n) is 5.30. The van der Waals surface area contributed by atoms with Crippen molar-refractivity contribution in [1.82, 2.24) is 4.98 Å². The topological polar surface area (TPSA) is 48.1 Å². The van der Waals surface area contributed by atoms with Crippen LogP contribution < -0.4 is 10.5 Å². The summed E-state index contributed by atoms with van der Waals surface area (Å²) in [5.41, 5.74) is 10.5. The van der Waals surface area contributed by atoms with Crippen LogP contribution in [0.15, 0.2) is 29.8 Å². The van der Waals surface area contributed by atoms with Crippen molar-refractivity contribution >= 4 is 11.3 Å². The molecule has 4 heteroatoms. The highest BCUT2D eigenvalue weighted by atomic mass is 32.1. The van der Waals surface area contributed by atoms with Gasteiger partial charge in [-0.25, -0.2) is 4.98 Å². The largest absolute Gasteiger partial charge is 0.491 e. The fourth-order valence-electron chi connectivity index (χ4n) is 2.53. The fraction of sp³-hybridized carbons (Fsp3) is 0.400. The molecule has 0 fully saturated rings. The molecule has 2 aromatic rings. The second kappa shape index (κ2) is 4.94. The van der Waals surface area contributed by atoms with E-state index >= 15 is 0 Å². The van der Waals surface area contributed by atoms with E-state index in [1.807, 2.05) is 23.7 Å². The van der Waals surface area contributed by atoms with E-state index in [-0.39, 0.29) is 5.54 Å². The number of para-hydroxylation sites is 1. The molecule has 0 bridgehead atoms. The number of aromatic nitrogens is 1. The Morgan fingerprint density at radius 2 is 2.26 bits per heavy atom. The van der Waals surface area contributed by atoms with Gasteiger partial charge in [-0.15, -0.1) is 11.3 Å². The van der Waals surface area contributed by atoms with Crippen LogP contribution in [0.5, 0.6) is 5.75 Å². The number of ether oxygens (including phenoxy) is 1. The lowest BCUT2D eigenvalue weighted by molar-refractivity contribution is 0.182. The number of aryl methyl sites for hydroxylation is 2. The van der Waals surface area contributed by atoms with Gasteiger partial charge in [0.25, 0.3) is 0 Å². The molecule has 1 aromatic carbocycles. The zero-order valence-corrected chi connectivity index (χ0v) is 11.9. The molecule has 0 saturated carbocycles. The first kappa shape index (κ1) is 12.6. The molecular weight excluding hydrogens is 256 g/mol. The molecule has 0 spiro atoms. The highest BCUT2D eigenvalue weighted by molar-refractivity contribution is 7.09. The van der Waals surface area contributed by atoms with Crippen molar-refractivity contribution in [3.63, 3.8) is 0 Å². The Balaban J connectivity index is 1.70. The van der Waals surface area contributed by atoms with Crippen molar-refractivity contribution in [3.8, 4) is 5.75 Å². The second-order valence-corrected chi connectivity index (χ2v) is 6.24. The summed E-state index contributed by atoms with van der Waals surface area (Å²) in [6.07, 6.45) is 2.81. The first-order valence-electron chi connectivity index (χ1n) is 6.55. The SMILES string of the molecule is Cc1ncsc1CCC1(N)COc2ccccc2C1. The van der Waals surface area contributed by atoms with Crippen molar-refractivity contribution in [1.29, 1.82) is 0 Å². The molecule has 0 aliphatic carbocycles. The number of thiazole rings is 1. The van der Waals surface area contributed by atoms with Gasteiger partial charge >= 0.3 is 0 Å². The van der Waals surface area contributed by atoms with Crippen LogP contribution in [0.4, 0.5) is 0 Å². The molecule has 2 N–H and O–H groups in total. The third-order valence-corrected chi connectivity index (χ3v) is 4.72. The minimum absolute atomic E-state index is 0.259. The molecule has 19 heavy (non-hydrogen) atoms. The molecule has 2 heterocycles. The Bertz CT molecular complexity index is 581. The van der Waals surface area contributed by atoms with Crippen molar-refractivity contribution in [2.45, 2.75) is 31.7 Å². The van der Waals surface area contributed by atoms with Gasteiger partial charge in [0.05, 0.1) is 16.7 Å². The molecule has 1 unspecified atom stereocenters. The molecular formula is C15H18N2OS. The number of nitrogens with two attached hydrogens (primary N) is 1. The Kier molecular flexibility index (Phi) is 3.29. The van der Waals surface area contributed by atoms with E-state index in [1.165, 1.54) is 10.4 Å². The Morgan fingerprint density at radius 1 is 1.42 bits per heavy atom. The van der Waals surface area contributed by atoms with E-state index in [4.69, 9.17) is 10.5 Å². The van der Waals surface area contributed by atoms with E-state index in [0.29, 0.717) is 6.61 Å². The highest BCUT2D eigenvalue weighted by Gasteiger charge is 2.31. The van der Waals surface area contributed by atoms with E-state index in [1.54, 1.807) is 11.3 Å². The number of rotatable bonds is 3. The van der Waals surface area contributed by atoms with E-state index in [9.17, 15) is 0 Å². The van der Waals surface area contributed by atoms with Crippen LogP contribution in [-0.2, 0) is 12.8 Å². The van der Waals surface area contributed by atoms with Crippen LogP contribution in [0.25, 0.3) is 0 Å². The van der Waals surface area contributed by atoms with Gasteiger partial charge in [-0.3, -0.25) is 0 Å². The Hall–Kier alpha value is -1.39. The Morgan fingerprint density at radius 3 is 3.05 bits per heavy atom. The van der Waals surface area contributed by atoms with E-state index < -0.39 is 0 Å². The van der Waals surface area contributed by atoms with E-state index in [2.05, 4.69) is 18.0 Å². The van der Waals surface area contributed by atoms with Crippen molar-refractivity contribution in [3.05, 3.63) is 45.9 Å². The minimum Gasteiger partial charge on any atom is -0.491 e. The summed E-state index contributed by atoms with van der Waals surface area (Å²) in [6, 6.07) is 8.17. The van der Waals surface area contributed by atoms with Crippen LogP contribution >= 0.6 is 11.3 Å². The maximum Gasteiger partial charge on any atom is 0.122 e. The van der Waals surface area contributed by atoms with Crippen LogP contribution in [0.2, 0.25) is 0 Å². The van der Waals surface area contributed by atoms with Gasteiger partial charge in [-0.05, 0) is 37.8 Å². The highest BCUT2D eigenvalue weighted by Crippen LogP contribution is 2.30. The summed E-state index contributed by atoms with van der Waals surface area (Å²) in [6.45, 7) is 2.66. The number of hydrogen-bond donors (Lipinski definition) is 1. The average Bonchev–Trinajstić information content (AvgIpc) is 2.82. The fourth-order valence-corrected chi connectivity index (χ4v) is 3.31. The molecule has 1 atom stereocenters. The maximum absolute atomic E-state index is 6.50. The minimum atomic E-state index is -0.259. The van der Waals surface area contributed by atoms with Crippen molar-refractivity contribution < 1.29 is 4.74 Å². The summed E-state index contributed by atoms with van der Waals surface area (Å²) < 4.78 is 5.80. The summed E-state index contributed by atoms with van der Waals surface area (Å²) in [5, 5.41) is 0. The zero-order chi connectivity index (χ0) is 13.3. The molecule has 3 rings (SSSR count). The quantitative estimate of drug-likeness (QED) is 0.936. The third kappa shape index (κ3) is 2.65. The van der Waals surface area contributed by atoms with Crippen molar-refractivity contribution in [2.24, 2.45) is 5.73 Å². The molecule has 0 radical (unpaired) electrons. The van der Waals surface area contributed by atoms with Crippen LogP contribution in [-0.4, -0.2) is 17.1 Å². The van der Waals surface area contributed by atoms with Gasteiger partial charge < -0.3 is 10.5 Å². The normalized spacial score (nSPS) is 21.8. The van der Waals surface area contributed by atoms with E-state index in [0.717, 1.165) is 30.7 Å². The van der Waals surface area contributed by atoms with Gasteiger partial charge in [0.1, 0.15) is 12.4 Å². The monoisotopic (exact) mass is 274 g/mol. The zero-order valence-electron chi connectivity index (χ0n) is 11.1. The molecule has 0 amide bonds. The molecule has 0 saturated heterocycles. The van der Waals surface area contributed by atoms with Gasteiger partial charge in [-0.1, -0.05) is 18.2 Å². The molecule has 1 aromatic heterocycles. The maximum atomic E-state index is 6.50. The summed E-state index contributed by atoms with van der Waals surface area (Å²) in [4.78, 5) is 5.62. The molecule has 1 aliphatic rings.